The van der Waals surface area contributed by atoms with Gasteiger partial charge in [-0.25, -0.2) is 33.1 Å². The number of carbonyl (C=O) groups is 1. The minimum absolute atomic E-state index is 0.0221. The highest BCUT2D eigenvalue weighted by Gasteiger charge is 2.25. The van der Waals surface area contributed by atoms with Crippen molar-refractivity contribution in [2.24, 2.45) is 0 Å². The molecule has 0 unspecified atom stereocenters. The number of nitrogens with zero attached hydrogens (tertiary/aromatic N) is 4. The smallest absolute Gasteiger partial charge is 0.407 e. The Kier molecular flexibility index (Phi) is 8.70. The van der Waals surface area contributed by atoms with Crippen molar-refractivity contribution >= 4 is 50.5 Å². The molecule has 11 nitrogen and oxygen atoms in total. The molecule has 226 valence electrons. The summed E-state index contributed by atoms with van der Waals surface area (Å²) in [6.45, 7) is 7.51. The van der Waals surface area contributed by atoms with E-state index >= 15 is 0 Å². The van der Waals surface area contributed by atoms with E-state index in [9.17, 15) is 13.2 Å². The van der Waals surface area contributed by atoms with Crippen molar-refractivity contribution in [3.8, 4) is 11.3 Å². The van der Waals surface area contributed by atoms with Crippen molar-refractivity contribution in [2.75, 3.05) is 10.0 Å². The first kappa shape index (κ1) is 30.4. The number of hydrogen-bond donors (Lipinski definition) is 3. The molecule has 0 radical (unpaired) electrons. The van der Waals surface area contributed by atoms with Crippen molar-refractivity contribution in [1.82, 2.24) is 25.3 Å². The van der Waals surface area contributed by atoms with Gasteiger partial charge in [0, 0.05) is 23.8 Å². The summed E-state index contributed by atoms with van der Waals surface area (Å²) in [7, 11) is -3.89. The summed E-state index contributed by atoms with van der Waals surface area (Å²) < 4.78 is 33.3. The topological polar surface area (TPSA) is 148 Å². The molecule has 1 saturated carbocycles. The third-order valence-electron chi connectivity index (χ3n) is 6.94. The van der Waals surface area contributed by atoms with Crippen LogP contribution in [0.25, 0.3) is 22.3 Å². The van der Waals surface area contributed by atoms with Crippen molar-refractivity contribution in [1.29, 1.82) is 0 Å². The van der Waals surface area contributed by atoms with E-state index in [1.807, 2.05) is 33.8 Å². The Morgan fingerprint density at radius 2 is 1.70 bits per heavy atom. The second kappa shape index (κ2) is 12.3. The van der Waals surface area contributed by atoms with E-state index in [-0.39, 0.29) is 33.9 Å². The Labute approximate surface area is 255 Å². The Hall–Kier alpha value is -4.03. The number of aromatic nitrogens is 4. The molecule has 1 fully saturated rings. The second-order valence-electron chi connectivity index (χ2n) is 11.6. The fraction of sp³-hybridized carbons (Fsp3) is 0.367. The lowest BCUT2D eigenvalue weighted by Crippen LogP contribution is -2.42. The Balaban J connectivity index is 1.22. The van der Waals surface area contributed by atoms with Gasteiger partial charge in [-0.05, 0) is 89.3 Å². The standard InChI is InChI=1S/C30H34ClN7O4S/c1-18-15-23(19-9-14-26(32-16-19)38-43(40,41)25-8-6-5-7-22(25)31)36-24-17-33-28(37-27(18)24)34-20-10-12-21(13-11-20)35-29(39)42-30(2,3)4/h5-9,14-17,20-21H,10-13H2,1-4H3,(H,32,38)(H,35,39)(H,33,34,37)/t20-,21-. The minimum atomic E-state index is -3.89. The van der Waals surface area contributed by atoms with Crippen LogP contribution in [0.5, 0.6) is 0 Å². The molecule has 3 N–H and O–H groups in total. The number of anilines is 2. The molecule has 0 spiro atoms. The molecule has 3 heterocycles. The van der Waals surface area contributed by atoms with E-state index in [4.69, 9.17) is 26.3 Å². The van der Waals surface area contributed by atoms with Crippen LogP contribution in [-0.4, -0.2) is 52.1 Å². The first-order valence-corrected chi connectivity index (χ1v) is 15.9. The zero-order chi connectivity index (χ0) is 30.8. The van der Waals surface area contributed by atoms with Crippen LogP contribution in [0.4, 0.5) is 16.6 Å². The Bertz CT molecular complexity index is 1740. The van der Waals surface area contributed by atoms with Crippen molar-refractivity contribution in [3.63, 3.8) is 0 Å². The van der Waals surface area contributed by atoms with Crippen LogP contribution in [0.15, 0.2) is 59.8 Å². The molecule has 0 aliphatic heterocycles. The molecule has 1 aliphatic carbocycles. The van der Waals surface area contributed by atoms with Gasteiger partial charge >= 0.3 is 6.09 Å². The highest BCUT2D eigenvalue weighted by molar-refractivity contribution is 7.92. The number of alkyl carbamates (subject to hydrolysis) is 1. The SMILES string of the molecule is Cc1cc(-c2ccc(NS(=O)(=O)c3ccccc3Cl)nc2)nc2cnc(N[C@H]3CC[C@H](NC(=O)OC(C)(C)C)CC3)nc12. The fourth-order valence-electron chi connectivity index (χ4n) is 4.90. The average Bonchev–Trinajstić information content (AvgIpc) is 2.94. The summed E-state index contributed by atoms with van der Waals surface area (Å²) in [5.74, 6) is 0.695. The summed E-state index contributed by atoms with van der Waals surface area (Å²) in [6, 6.07) is 11.7. The van der Waals surface area contributed by atoms with Crippen molar-refractivity contribution in [2.45, 2.75) is 76.0 Å². The van der Waals surface area contributed by atoms with Crippen LogP contribution < -0.4 is 15.4 Å². The fourth-order valence-corrected chi connectivity index (χ4v) is 6.43. The molecule has 1 amide bonds. The predicted molar refractivity (Wildman–Crippen MR) is 167 cm³/mol. The minimum Gasteiger partial charge on any atom is -0.444 e. The quantitative estimate of drug-likeness (QED) is 0.222. The Morgan fingerprint density at radius 3 is 2.37 bits per heavy atom. The van der Waals surface area contributed by atoms with Gasteiger partial charge in [0.25, 0.3) is 10.0 Å². The zero-order valence-electron chi connectivity index (χ0n) is 24.4. The van der Waals surface area contributed by atoms with Gasteiger partial charge in [-0.1, -0.05) is 23.7 Å². The number of amides is 1. The molecule has 3 aromatic heterocycles. The highest BCUT2D eigenvalue weighted by atomic mass is 35.5. The van der Waals surface area contributed by atoms with Gasteiger partial charge in [0.05, 0.1) is 22.4 Å². The number of halogens is 1. The van der Waals surface area contributed by atoms with Gasteiger partial charge in [0.2, 0.25) is 5.95 Å². The largest absolute Gasteiger partial charge is 0.444 e. The zero-order valence-corrected chi connectivity index (χ0v) is 26.0. The summed E-state index contributed by atoms with van der Waals surface area (Å²) >= 11 is 6.06. The highest BCUT2D eigenvalue weighted by Crippen LogP contribution is 2.27. The van der Waals surface area contributed by atoms with E-state index in [1.165, 1.54) is 12.1 Å². The molecule has 43 heavy (non-hydrogen) atoms. The number of rotatable bonds is 7. The van der Waals surface area contributed by atoms with Gasteiger partial charge in [-0.3, -0.25) is 4.72 Å². The van der Waals surface area contributed by atoms with E-state index in [2.05, 4.69) is 25.3 Å². The van der Waals surface area contributed by atoms with Crippen LogP contribution in [0, 0.1) is 6.92 Å². The number of ether oxygens (including phenoxy) is 1. The molecule has 5 rings (SSSR count). The lowest BCUT2D eigenvalue weighted by Gasteiger charge is -2.30. The molecule has 13 heteroatoms. The molecular weight excluding hydrogens is 590 g/mol. The number of hydrogen-bond acceptors (Lipinski definition) is 9. The van der Waals surface area contributed by atoms with Gasteiger partial charge in [0.1, 0.15) is 21.8 Å². The molecule has 1 aliphatic rings. The maximum atomic E-state index is 12.7. The number of carbonyl (C=O) groups excluding carboxylic acids is 1. The van der Waals surface area contributed by atoms with E-state index < -0.39 is 15.6 Å². The van der Waals surface area contributed by atoms with E-state index in [0.717, 1.165) is 36.8 Å². The van der Waals surface area contributed by atoms with Gasteiger partial charge in [-0.15, -0.1) is 0 Å². The first-order chi connectivity index (χ1) is 20.4. The van der Waals surface area contributed by atoms with Crippen LogP contribution >= 0.6 is 11.6 Å². The molecule has 0 bridgehead atoms. The lowest BCUT2D eigenvalue weighted by molar-refractivity contribution is 0.0492. The van der Waals surface area contributed by atoms with Gasteiger partial charge in [0.15, 0.2) is 0 Å². The monoisotopic (exact) mass is 623 g/mol. The summed E-state index contributed by atoms with van der Waals surface area (Å²) in [4.78, 5) is 30.3. The second-order valence-corrected chi connectivity index (χ2v) is 13.6. The molecule has 0 saturated heterocycles. The number of pyridine rings is 2. The maximum absolute atomic E-state index is 12.7. The third-order valence-corrected chi connectivity index (χ3v) is 8.80. The molecule has 0 atom stereocenters. The third kappa shape index (κ3) is 7.68. The number of nitrogens with one attached hydrogen (secondary N) is 3. The van der Waals surface area contributed by atoms with E-state index in [1.54, 1.807) is 36.7 Å². The molecule has 1 aromatic carbocycles. The Morgan fingerprint density at radius 1 is 0.977 bits per heavy atom. The van der Waals surface area contributed by atoms with Crippen LogP contribution in [0.2, 0.25) is 5.02 Å². The normalized spacial score (nSPS) is 17.3. The van der Waals surface area contributed by atoms with Crippen LogP contribution in [0.1, 0.15) is 52.0 Å². The van der Waals surface area contributed by atoms with Crippen molar-refractivity contribution in [3.05, 3.63) is 65.4 Å². The number of aryl methyl sites for hydroxylation is 1. The predicted octanol–water partition coefficient (Wildman–Crippen LogP) is 6.10. The molecular formula is C30H34ClN7O4S. The number of sulfonamides is 1. The summed E-state index contributed by atoms with van der Waals surface area (Å²) in [6.07, 6.45) is 6.28. The van der Waals surface area contributed by atoms with Gasteiger partial charge < -0.3 is 15.4 Å². The summed E-state index contributed by atoms with van der Waals surface area (Å²) in [5, 5.41) is 6.52. The first-order valence-electron chi connectivity index (χ1n) is 14.0. The lowest BCUT2D eigenvalue weighted by atomic mass is 9.91. The average molecular weight is 624 g/mol. The van der Waals surface area contributed by atoms with E-state index in [0.29, 0.717) is 22.7 Å². The van der Waals surface area contributed by atoms with Crippen LogP contribution in [0.3, 0.4) is 0 Å². The van der Waals surface area contributed by atoms with Crippen molar-refractivity contribution < 1.29 is 17.9 Å². The summed E-state index contributed by atoms with van der Waals surface area (Å²) in [5.41, 5.74) is 3.14. The number of fused-ring (bicyclic) bond motifs is 1. The maximum Gasteiger partial charge on any atom is 0.407 e. The molecule has 4 aromatic rings. The van der Waals surface area contributed by atoms with Crippen LogP contribution in [-0.2, 0) is 14.8 Å². The number of benzene rings is 1. The van der Waals surface area contributed by atoms with Gasteiger partial charge in [-0.2, -0.15) is 0 Å².